The molecule has 1 N–H and O–H groups in total. The van der Waals surface area contributed by atoms with Crippen molar-refractivity contribution in [3.05, 3.63) is 35.9 Å². The number of amides is 2. The lowest BCUT2D eigenvalue weighted by molar-refractivity contribution is -0.122. The van der Waals surface area contributed by atoms with E-state index in [1.807, 2.05) is 58.0 Å². The first-order valence-electron chi connectivity index (χ1n) is 13.7. The fourth-order valence-electron chi connectivity index (χ4n) is 5.05. The summed E-state index contributed by atoms with van der Waals surface area (Å²) in [6.07, 6.45) is 0.732. The third kappa shape index (κ3) is 7.03. The standard InChI is InChI=1S/C28H41N3O7/c1-5-6-12-22(24(32)25-31(38-25)19(2)21-10-8-7-9-11-21)29-26(33)37-23-15-30(18-28(23,3)4)27(34)36-17-20-13-14-35-16-20/h7-11,19-20,22-23,25H,5-6,12-18H2,1-4H3,(H,29,33)/t19-,20?,22?,23-,25?,31?/m1/s1. The highest BCUT2D eigenvalue weighted by Crippen LogP contribution is 2.35. The molecule has 3 heterocycles. The van der Waals surface area contributed by atoms with E-state index in [0.717, 1.165) is 24.8 Å². The smallest absolute Gasteiger partial charge is 0.409 e. The Morgan fingerprint density at radius 1 is 1.21 bits per heavy atom. The highest BCUT2D eigenvalue weighted by Gasteiger charge is 2.49. The lowest BCUT2D eigenvalue weighted by Crippen LogP contribution is -2.46. The Hall–Kier alpha value is -2.69. The molecule has 38 heavy (non-hydrogen) atoms. The van der Waals surface area contributed by atoms with E-state index >= 15 is 0 Å². The summed E-state index contributed by atoms with van der Waals surface area (Å²) in [7, 11) is 0. The van der Waals surface area contributed by atoms with Crippen LogP contribution in [0.25, 0.3) is 0 Å². The second-order valence-electron chi connectivity index (χ2n) is 11.2. The van der Waals surface area contributed by atoms with Crippen LogP contribution in [0, 0.1) is 11.3 Å². The Balaban J connectivity index is 1.30. The topological polar surface area (TPSA) is 110 Å². The SMILES string of the molecule is CCCCC(NC(=O)O[C@@H]1CN(C(=O)OCC2CCOC2)CC1(C)C)C(=O)C1ON1[C@H](C)c1ccccc1. The van der Waals surface area contributed by atoms with Crippen LogP contribution in [0.4, 0.5) is 9.59 Å². The van der Waals surface area contributed by atoms with Crippen LogP contribution in [0.15, 0.2) is 30.3 Å². The molecule has 2 amide bonds. The molecular formula is C28H41N3O7. The van der Waals surface area contributed by atoms with E-state index in [0.29, 0.717) is 32.8 Å². The zero-order valence-electron chi connectivity index (χ0n) is 22.9. The Morgan fingerprint density at radius 3 is 2.66 bits per heavy atom. The van der Waals surface area contributed by atoms with E-state index in [1.54, 1.807) is 9.96 Å². The molecule has 0 saturated carbocycles. The number of rotatable bonds is 11. The van der Waals surface area contributed by atoms with Gasteiger partial charge in [-0.25, -0.2) is 9.59 Å². The Kier molecular flexibility index (Phi) is 9.27. The van der Waals surface area contributed by atoms with Crippen LogP contribution in [-0.2, 0) is 23.8 Å². The lowest BCUT2D eigenvalue weighted by Gasteiger charge is -2.26. The fourth-order valence-corrected chi connectivity index (χ4v) is 5.05. The second kappa shape index (κ2) is 12.4. The minimum atomic E-state index is -0.723. The van der Waals surface area contributed by atoms with Crippen LogP contribution in [0.3, 0.4) is 0 Å². The molecule has 3 aliphatic rings. The number of ketones is 1. The molecule has 3 saturated heterocycles. The van der Waals surface area contributed by atoms with Gasteiger partial charge in [-0.2, -0.15) is 0 Å². The summed E-state index contributed by atoms with van der Waals surface area (Å²) in [6.45, 7) is 10.2. The number of ether oxygens (including phenoxy) is 3. The minimum Gasteiger partial charge on any atom is -0.449 e. The van der Waals surface area contributed by atoms with Crippen LogP contribution < -0.4 is 5.32 Å². The third-order valence-electron chi connectivity index (χ3n) is 7.63. The van der Waals surface area contributed by atoms with Crippen LogP contribution in [0.1, 0.15) is 65.0 Å². The van der Waals surface area contributed by atoms with Crippen molar-refractivity contribution in [3.8, 4) is 0 Å². The van der Waals surface area contributed by atoms with Crippen LogP contribution in [0.2, 0.25) is 0 Å². The van der Waals surface area contributed by atoms with Crippen molar-refractivity contribution in [1.29, 1.82) is 0 Å². The number of hydroxylamine groups is 2. The van der Waals surface area contributed by atoms with Gasteiger partial charge in [0, 0.05) is 24.5 Å². The summed E-state index contributed by atoms with van der Waals surface area (Å²) in [4.78, 5) is 46.0. The molecule has 3 fully saturated rings. The lowest BCUT2D eigenvalue weighted by atomic mass is 9.90. The molecule has 1 aromatic carbocycles. The molecule has 4 unspecified atom stereocenters. The van der Waals surface area contributed by atoms with E-state index in [1.165, 1.54) is 0 Å². The van der Waals surface area contributed by atoms with Gasteiger partial charge in [0.05, 0.1) is 31.8 Å². The van der Waals surface area contributed by atoms with Gasteiger partial charge in [-0.1, -0.05) is 63.9 Å². The average molecular weight is 532 g/mol. The Labute approximate surface area is 224 Å². The predicted octanol–water partition coefficient (Wildman–Crippen LogP) is 4.06. The quantitative estimate of drug-likeness (QED) is 0.426. The first-order valence-corrected chi connectivity index (χ1v) is 13.7. The molecule has 210 valence electrons. The van der Waals surface area contributed by atoms with E-state index < -0.39 is 36.0 Å². The minimum absolute atomic E-state index is 0.0878. The summed E-state index contributed by atoms with van der Waals surface area (Å²) in [5, 5.41) is 4.43. The monoisotopic (exact) mass is 531 g/mol. The molecule has 4 rings (SSSR count). The number of Topliss-reactive ketones (excluding diaryl/α,β-unsaturated/α-hetero) is 1. The molecule has 0 aromatic heterocycles. The van der Waals surface area contributed by atoms with Crippen molar-refractivity contribution >= 4 is 18.0 Å². The molecule has 0 bridgehead atoms. The van der Waals surface area contributed by atoms with Crippen LogP contribution in [-0.4, -0.2) is 79.2 Å². The molecule has 10 nitrogen and oxygen atoms in total. The van der Waals surface area contributed by atoms with E-state index in [2.05, 4.69) is 5.32 Å². The normalized spacial score (nSPS) is 27.4. The number of unbranched alkanes of at least 4 members (excludes halogenated alkanes) is 1. The van der Waals surface area contributed by atoms with Gasteiger partial charge < -0.3 is 24.4 Å². The van der Waals surface area contributed by atoms with Gasteiger partial charge in [0.1, 0.15) is 6.10 Å². The summed E-state index contributed by atoms with van der Waals surface area (Å²) in [5.74, 6) is 0.0389. The number of alkyl carbamates (subject to hydrolysis) is 1. The highest BCUT2D eigenvalue weighted by atomic mass is 16.8. The third-order valence-corrected chi connectivity index (χ3v) is 7.63. The highest BCUT2D eigenvalue weighted by molar-refractivity contribution is 5.91. The van der Waals surface area contributed by atoms with Crippen molar-refractivity contribution in [2.75, 3.05) is 32.9 Å². The van der Waals surface area contributed by atoms with Crippen molar-refractivity contribution in [2.24, 2.45) is 11.3 Å². The van der Waals surface area contributed by atoms with Gasteiger partial charge in [-0.3, -0.25) is 9.63 Å². The largest absolute Gasteiger partial charge is 0.449 e. The zero-order valence-corrected chi connectivity index (χ0v) is 22.9. The molecule has 6 atom stereocenters. The first-order chi connectivity index (χ1) is 18.2. The van der Waals surface area contributed by atoms with E-state index in [-0.39, 0.29) is 24.3 Å². The van der Waals surface area contributed by atoms with E-state index in [9.17, 15) is 14.4 Å². The molecule has 0 radical (unpaired) electrons. The Bertz CT molecular complexity index is 966. The van der Waals surface area contributed by atoms with Crippen molar-refractivity contribution in [1.82, 2.24) is 15.3 Å². The van der Waals surface area contributed by atoms with Crippen LogP contribution in [0.5, 0.6) is 0 Å². The summed E-state index contributed by atoms with van der Waals surface area (Å²) in [6, 6.07) is 9.01. The zero-order chi connectivity index (χ0) is 27.3. The number of nitrogens with one attached hydrogen (secondary N) is 1. The number of hydrogen-bond acceptors (Lipinski definition) is 8. The number of hydrogen-bond donors (Lipinski definition) is 1. The number of carbonyl (C=O) groups is 3. The van der Waals surface area contributed by atoms with Crippen LogP contribution >= 0.6 is 0 Å². The maximum absolute atomic E-state index is 13.3. The average Bonchev–Trinajstić information content (AvgIpc) is 3.41. The van der Waals surface area contributed by atoms with Gasteiger partial charge >= 0.3 is 12.2 Å². The van der Waals surface area contributed by atoms with Crippen molar-refractivity contribution in [2.45, 2.75) is 77.8 Å². The Morgan fingerprint density at radius 2 is 1.97 bits per heavy atom. The van der Waals surface area contributed by atoms with Crippen molar-refractivity contribution < 1.29 is 33.4 Å². The summed E-state index contributed by atoms with van der Waals surface area (Å²) >= 11 is 0. The summed E-state index contributed by atoms with van der Waals surface area (Å²) in [5.41, 5.74) is 0.584. The van der Waals surface area contributed by atoms with E-state index in [4.69, 9.17) is 19.0 Å². The van der Waals surface area contributed by atoms with Gasteiger partial charge in [-0.05, 0) is 25.3 Å². The van der Waals surface area contributed by atoms with Crippen molar-refractivity contribution in [3.63, 3.8) is 0 Å². The maximum Gasteiger partial charge on any atom is 0.409 e. The number of benzene rings is 1. The van der Waals surface area contributed by atoms with Gasteiger partial charge in [-0.15, -0.1) is 5.06 Å². The molecule has 1 aromatic rings. The predicted molar refractivity (Wildman–Crippen MR) is 139 cm³/mol. The molecular weight excluding hydrogens is 490 g/mol. The molecule has 0 aliphatic carbocycles. The number of nitrogens with zero attached hydrogens (tertiary/aromatic N) is 2. The number of carbonyl (C=O) groups excluding carboxylic acids is 3. The maximum atomic E-state index is 13.3. The second-order valence-corrected chi connectivity index (χ2v) is 11.2. The summed E-state index contributed by atoms with van der Waals surface area (Å²) < 4.78 is 16.6. The molecule has 0 spiro atoms. The fraction of sp³-hybridized carbons (Fsp3) is 0.679. The molecule has 10 heteroatoms. The first kappa shape index (κ1) is 28.3. The molecule has 3 aliphatic heterocycles. The van der Waals surface area contributed by atoms with Gasteiger partial charge in [0.15, 0.2) is 0 Å². The van der Waals surface area contributed by atoms with Gasteiger partial charge in [0.25, 0.3) is 0 Å². The van der Waals surface area contributed by atoms with Gasteiger partial charge in [0.2, 0.25) is 12.0 Å². The number of likely N-dealkylation sites (tertiary alicyclic amines) is 1.